The average Bonchev–Trinajstić information content (AvgIpc) is 3.54. The Morgan fingerprint density at radius 3 is 2.48 bits per heavy atom. The molecule has 0 saturated carbocycles. The van der Waals surface area contributed by atoms with E-state index in [1.54, 1.807) is 53.7 Å². The van der Waals surface area contributed by atoms with Crippen molar-refractivity contribution in [3.8, 4) is 17.2 Å². The molecule has 2 aliphatic heterocycles. The fourth-order valence-electron chi connectivity index (χ4n) is 5.90. The first-order valence-electron chi connectivity index (χ1n) is 16.6. The number of aliphatic hydroxyl groups is 1. The van der Waals surface area contributed by atoms with Crippen molar-refractivity contribution < 1.29 is 33.6 Å². The quantitative estimate of drug-likeness (QED) is 0.291. The van der Waals surface area contributed by atoms with E-state index in [0.29, 0.717) is 53.9 Å². The van der Waals surface area contributed by atoms with Crippen LogP contribution in [-0.4, -0.2) is 90.2 Å². The molecule has 0 aliphatic carbocycles. The number of fused-ring (bicyclic) bond motifs is 2. The Bertz CT molecular complexity index is 1520. The summed E-state index contributed by atoms with van der Waals surface area (Å²) in [5.41, 5.74) is 2.41. The zero-order valence-electron chi connectivity index (χ0n) is 28.2. The van der Waals surface area contributed by atoms with Crippen LogP contribution in [0, 0.1) is 5.92 Å². The number of rotatable bonds is 8. The van der Waals surface area contributed by atoms with E-state index in [1.165, 1.54) is 0 Å². The van der Waals surface area contributed by atoms with Crippen LogP contribution in [0.4, 0.5) is 16.2 Å². The fraction of sp³-hybridized carbons (Fsp3) is 0.472. The van der Waals surface area contributed by atoms with Gasteiger partial charge < -0.3 is 39.6 Å². The Labute approximate surface area is 282 Å². The number of benzene rings is 2. The van der Waals surface area contributed by atoms with Gasteiger partial charge in [0, 0.05) is 62.0 Å². The molecule has 12 nitrogen and oxygen atoms in total. The van der Waals surface area contributed by atoms with Crippen LogP contribution in [-0.2, 0) is 11.3 Å². The minimum Gasteiger partial charge on any atom is -0.490 e. The molecule has 3 amide bonds. The van der Waals surface area contributed by atoms with Crippen LogP contribution in [0.15, 0.2) is 60.9 Å². The lowest BCUT2D eigenvalue weighted by Gasteiger charge is -2.36. The summed E-state index contributed by atoms with van der Waals surface area (Å²) in [6.45, 7) is 8.18. The van der Waals surface area contributed by atoms with E-state index in [-0.39, 0.29) is 37.4 Å². The topological polar surface area (TPSA) is 135 Å². The van der Waals surface area contributed by atoms with Crippen LogP contribution in [0.1, 0.15) is 56.0 Å². The first-order chi connectivity index (χ1) is 23.2. The van der Waals surface area contributed by atoms with Crippen LogP contribution in [0.25, 0.3) is 0 Å². The number of aliphatic hydroxyl groups excluding tert-OH is 1. The molecule has 0 fully saturated rings. The first kappa shape index (κ1) is 34.9. The lowest BCUT2D eigenvalue weighted by molar-refractivity contribution is -0.0177. The van der Waals surface area contributed by atoms with Crippen molar-refractivity contribution in [2.75, 3.05) is 50.8 Å². The fourth-order valence-corrected chi connectivity index (χ4v) is 5.90. The summed E-state index contributed by atoms with van der Waals surface area (Å²) in [5.74, 6) is 1.25. The van der Waals surface area contributed by atoms with Crippen molar-refractivity contribution in [3.63, 3.8) is 0 Å². The summed E-state index contributed by atoms with van der Waals surface area (Å²) in [6.07, 6.45) is 5.85. The van der Waals surface area contributed by atoms with Gasteiger partial charge in [0.05, 0.1) is 30.4 Å². The standard InChI is InChI=1S/C36H47N5O7/c1-24-19-41(25(2)22-42)35(43)30-17-28(38-36(44)39-29-9-11-32-33(18-29)47-23-46-32)8-10-31(30)48-26(3)7-5-6-16-45-34(24)21-40(4)20-27-12-14-37-15-13-27/h8-15,17-18,24-26,34,42H,5-7,16,19-23H2,1-4H3,(H2,38,39,44)/t24-,25+,26+,34-/m0/s1. The van der Waals surface area contributed by atoms with Gasteiger partial charge in [-0.2, -0.15) is 0 Å². The number of pyridine rings is 1. The second-order valence-electron chi connectivity index (χ2n) is 12.7. The molecule has 3 N–H and O–H groups in total. The molecular weight excluding hydrogens is 614 g/mol. The largest absolute Gasteiger partial charge is 0.490 e. The molecule has 2 aliphatic rings. The summed E-state index contributed by atoms with van der Waals surface area (Å²) in [5, 5.41) is 15.9. The predicted molar refractivity (Wildman–Crippen MR) is 183 cm³/mol. The number of likely N-dealkylation sites (N-methyl/N-ethyl adjacent to an activating group) is 1. The third-order valence-corrected chi connectivity index (χ3v) is 8.63. The zero-order valence-corrected chi connectivity index (χ0v) is 28.2. The zero-order chi connectivity index (χ0) is 34.0. The highest BCUT2D eigenvalue weighted by atomic mass is 16.7. The van der Waals surface area contributed by atoms with E-state index in [9.17, 15) is 14.7 Å². The van der Waals surface area contributed by atoms with E-state index >= 15 is 0 Å². The molecule has 48 heavy (non-hydrogen) atoms. The number of urea groups is 1. The summed E-state index contributed by atoms with van der Waals surface area (Å²) in [4.78, 5) is 35.4. The molecule has 3 aromatic rings. The van der Waals surface area contributed by atoms with Gasteiger partial charge in [-0.25, -0.2) is 4.79 Å². The minimum atomic E-state index is -0.485. The SMILES string of the molecule is C[C@@H]1CCCCO[C@@H](CN(C)Cc2ccncc2)[C@@H](C)CN([C@H](C)CO)C(=O)c2cc(NC(=O)Nc3ccc4c(c3)OCO4)ccc2O1. The molecule has 4 atom stereocenters. The first-order valence-corrected chi connectivity index (χ1v) is 16.6. The van der Waals surface area contributed by atoms with Crippen molar-refractivity contribution in [2.45, 2.75) is 64.8 Å². The van der Waals surface area contributed by atoms with E-state index in [4.69, 9.17) is 18.9 Å². The third-order valence-electron chi connectivity index (χ3n) is 8.63. The van der Waals surface area contributed by atoms with Gasteiger partial charge >= 0.3 is 6.03 Å². The van der Waals surface area contributed by atoms with Gasteiger partial charge in [0.2, 0.25) is 6.79 Å². The number of anilines is 2. The molecule has 5 rings (SSSR count). The maximum absolute atomic E-state index is 14.4. The summed E-state index contributed by atoms with van der Waals surface area (Å²) in [6, 6.07) is 13.3. The monoisotopic (exact) mass is 661 g/mol. The van der Waals surface area contributed by atoms with Gasteiger partial charge in [0.15, 0.2) is 11.5 Å². The van der Waals surface area contributed by atoms with Crippen molar-refractivity contribution in [3.05, 3.63) is 72.1 Å². The van der Waals surface area contributed by atoms with Crippen molar-refractivity contribution >= 4 is 23.3 Å². The van der Waals surface area contributed by atoms with Crippen molar-refractivity contribution in [2.24, 2.45) is 5.92 Å². The van der Waals surface area contributed by atoms with Crippen LogP contribution in [0.3, 0.4) is 0 Å². The second-order valence-corrected chi connectivity index (χ2v) is 12.7. The van der Waals surface area contributed by atoms with E-state index in [2.05, 4.69) is 34.5 Å². The van der Waals surface area contributed by atoms with Crippen molar-refractivity contribution in [1.82, 2.24) is 14.8 Å². The smallest absolute Gasteiger partial charge is 0.323 e. The normalized spacial score (nSPS) is 20.8. The molecule has 0 radical (unpaired) electrons. The molecule has 0 spiro atoms. The summed E-state index contributed by atoms with van der Waals surface area (Å²) < 4.78 is 23.6. The number of hydrogen-bond acceptors (Lipinski definition) is 9. The summed E-state index contributed by atoms with van der Waals surface area (Å²) in [7, 11) is 2.06. The molecule has 2 aromatic carbocycles. The Kier molecular flexibility index (Phi) is 12.1. The number of carbonyl (C=O) groups is 2. The lowest BCUT2D eigenvalue weighted by atomic mass is 10.0. The van der Waals surface area contributed by atoms with Gasteiger partial charge in [-0.05, 0) is 88.2 Å². The molecule has 3 heterocycles. The van der Waals surface area contributed by atoms with Crippen LogP contribution < -0.4 is 24.8 Å². The van der Waals surface area contributed by atoms with E-state index in [0.717, 1.165) is 31.4 Å². The van der Waals surface area contributed by atoms with Crippen LogP contribution >= 0.6 is 0 Å². The van der Waals surface area contributed by atoms with Gasteiger partial charge in [-0.15, -0.1) is 0 Å². The highest BCUT2D eigenvalue weighted by Crippen LogP contribution is 2.34. The molecule has 0 bridgehead atoms. The second kappa shape index (κ2) is 16.6. The van der Waals surface area contributed by atoms with Crippen molar-refractivity contribution in [1.29, 1.82) is 0 Å². The highest BCUT2D eigenvalue weighted by Gasteiger charge is 2.30. The Morgan fingerprint density at radius 2 is 1.73 bits per heavy atom. The van der Waals surface area contributed by atoms with Gasteiger partial charge in [-0.1, -0.05) is 6.92 Å². The number of carbonyl (C=O) groups excluding carboxylic acids is 2. The number of hydrogen-bond donors (Lipinski definition) is 3. The van der Waals surface area contributed by atoms with Gasteiger partial charge in [-0.3, -0.25) is 14.7 Å². The molecule has 12 heteroatoms. The van der Waals surface area contributed by atoms with Crippen LogP contribution in [0.2, 0.25) is 0 Å². The molecule has 0 saturated heterocycles. The number of aromatic nitrogens is 1. The average molecular weight is 662 g/mol. The number of nitrogens with zero attached hydrogens (tertiary/aromatic N) is 3. The van der Waals surface area contributed by atoms with E-state index in [1.807, 2.05) is 26.0 Å². The predicted octanol–water partition coefficient (Wildman–Crippen LogP) is 5.38. The molecule has 1 aromatic heterocycles. The molecular formula is C36H47N5O7. The molecule has 0 unspecified atom stereocenters. The molecule has 258 valence electrons. The maximum atomic E-state index is 14.4. The number of nitrogens with one attached hydrogen (secondary N) is 2. The Morgan fingerprint density at radius 1 is 1.02 bits per heavy atom. The minimum absolute atomic E-state index is 0.0529. The van der Waals surface area contributed by atoms with Crippen LogP contribution in [0.5, 0.6) is 17.2 Å². The lowest BCUT2D eigenvalue weighted by Crippen LogP contribution is -2.47. The number of ether oxygens (including phenoxy) is 4. The Balaban J connectivity index is 1.36. The Hall–Kier alpha value is -4.39. The maximum Gasteiger partial charge on any atom is 0.323 e. The third kappa shape index (κ3) is 9.36. The van der Waals surface area contributed by atoms with Gasteiger partial charge in [0.25, 0.3) is 5.91 Å². The van der Waals surface area contributed by atoms with Gasteiger partial charge in [0.1, 0.15) is 5.75 Å². The number of amides is 3. The highest BCUT2D eigenvalue weighted by molar-refractivity contribution is 6.02. The summed E-state index contributed by atoms with van der Waals surface area (Å²) >= 11 is 0. The van der Waals surface area contributed by atoms with E-state index < -0.39 is 12.1 Å².